The number of fused-ring (bicyclic) bond motifs is 5. The molecule has 0 heterocycles. The van der Waals surface area contributed by atoms with Crippen molar-refractivity contribution in [3.63, 3.8) is 0 Å². The Bertz CT molecular complexity index is 1000. The van der Waals surface area contributed by atoms with E-state index in [9.17, 15) is 9.59 Å². The molecule has 0 amide bonds. The van der Waals surface area contributed by atoms with Gasteiger partial charge in [-0.15, -0.1) is 0 Å². The lowest BCUT2D eigenvalue weighted by molar-refractivity contribution is -0.168. The van der Waals surface area contributed by atoms with Gasteiger partial charge in [0.2, 0.25) is 0 Å². The largest absolute Gasteiger partial charge is 0.497 e. The summed E-state index contributed by atoms with van der Waals surface area (Å²) >= 11 is 0. The van der Waals surface area contributed by atoms with Crippen LogP contribution in [0.2, 0.25) is 0 Å². The second kappa shape index (κ2) is 7.98. The van der Waals surface area contributed by atoms with Crippen LogP contribution < -0.4 is 4.74 Å². The summed E-state index contributed by atoms with van der Waals surface area (Å²) in [6.07, 6.45) is 2.84. The van der Waals surface area contributed by atoms with Crippen LogP contribution in [0, 0.1) is 11.3 Å². The first-order valence-electron chi connectivity index (χ1n) is 10.4. The minimum absolute atomic E-state index is 0.00619. The second-order valence-corrected chi connectivity index (χ2v) is 7.69. The van der Waals surface area contributed by atoms with Crippen molar-refractivity contribution in [3.05, 3.63) is 59.7 Å². The van der Waals surface area contributed by atoms with Crippen molar-refractivity contribution >= 4 is 17.5 Å². The van der Waals surface area contributed by atoms with Gasteiger partial charge in [-0.3, -0.25) is 9.59 Å². The average Bonchev–Trinajstić information content (AvgIpc) is 3.09. The zero-order valence-corrected chi connectivity index (χ0v) is 17.6. The Morgan fingerprint density at radius 2 is 1.63 bits per heavy atom. The third-order valence-corrected chi connectivity index (χ3v) is 6.00. The van der Waals surface area contributed by atoms with E-state index in [2.05, 4.69) is 18.2 Å². The van der Waals surface area contributed by atoms with Gasteiger partial charge in [0.1, 0.15) is 5.75 Å². The van der Waals surface area contributed by atoms with Crippen molar-refractivity contribution in [1.29, 1.82) is 0 Å². The van der Waals surface area contributed by atoms with Gasteiger partial charge in [0.05, 0.1) is 20.3 Å². The van der Waals surface area contributed by atoms with Crippen molar-refractivity contribution in [1.82, 2.24) is 0 Å². The Morgan fingerprint density at radius 1 is 0.967 bits per heavy atom. The first kappa shape index (κ1) is 20.2. The lowest BCUT2D eigenvalue weighted by atomic mass is 9.83. The lowest BCUT2D eigenvalue weighted by Crippen LogP contribution is -2.39. The van der Waals surface area contributed by atoms with E-state index in [1.54, 1.807) is 27.0 Å². The van der Waals surface area contributed by atoms with Gasteiger partial charge in [-0.05, 0) is 72.6 Å². The molecule has 0 saturated heterocycles. The van der Waals surface area contributed by atoms with E-state index in [4.69, 9.17) is 14.2 Å². The molecule has 0 N–H and O–H groups in total. The highest BCUT2D eigenvalue weighted by atomic mass is 16.6. The van der Waals surface area contributed by atoms with E-state index in [1.807, 2.05) is 24.3 Å². The third-order valence-electron chi connectivity index (χ3n) is 6.00. The molecule has 1 atom stereocenters. The molecular weight excluding hydrogens is 380 g/mol. The SMILES string of the molecule is CCOC(=O)C1(C(=O)OCC)C=C2c3ccccc3-c3ccc(OC)cc3CC2C1. The van der Waals surface area contributed by atoms with Crippen molar-refractivity contribution in [2.45, 2.75) is 26.7 Å². The summed E-state index contributed by atoms with van der Waals surface area (Å²) in [6, 6.07) is 14.2. The number of hydrogen-bond acceptors (Lipinski definition) is 5. The molecule has 30 heavy (non-hydrogen) atoms. The number of methoxy groups -OCH3 is 1. The molecule has 0 saturated carbocycles. The molecule has 0 fully saturated rings. The normalized spacial score (nSPS) is 18.2. The molecule has 5 nitrogen and oxygen atoms in total. The van der Waals surface area contributed by atoms with E-state index >= 15 is 0 Å². The predicted molar refractivity (Wildman–Crippen MR) is 114 cm³/mol. The minimum Gasteiger partial charge on any atom is -0.497 e. The van der Waals surface area contributed by atoms with Crippen LogP contribution in [0.5, 0.6) is 5.75 Å². The second-order valence-electron chi connectivity index (χ2n) is 7.69. The fourth-order valence-corrected chi connectivity index (χ4v) is 4.67. The first-order chi connectivity index (χ1) is 14.5. The maximum absolute atomic E-state index is 13.0. The van der Waals surface area contributed by atoms with E-state index < -0.39 is 17.4 Å². The molecule has 2 aromatic rings. The van der Waals surface area contributed by atoms with Crippen LogP contribution in [0.15, 0.2) is 48.5 Å². The zero-order chi connectivity index (χ0) is 21.3. The number of hydrogen-bond donors (Lipinski definition) is 0. The Labute approximate surface area is 176 Å². The molecular formula is C25H26O5. The maximum Gasteiger partial charge on any atom is 0.327 e. The number of rotatable bonds is 5. The molecule has 5 heteroatoms. The molecule has 0 bridgehead atoms. The smallest absolute Gasteiger partial charge is 0.327 e. The van der Waals surface area contributed by atoms with Gasteiger partial charge in [0, 0.05) is 0 Å². The molecule has 156 valence electrons. The average molecular weight is 406 g/mol. The summed E-state index contributed by atoms with van der Waals surface area (Å²) in [5, 5.41) is 0. The molecule has 4 rings (SSSR count). The standard InChI is InChI=1S/C25H26O5/c1-4-29-23(26)25(24(27)30-5-2)14-17-12-16-13-18(28-3)10-11-19(16)20-8-6-7-9-21(20)22(17)15-25/h6-11,13,15,17H,4-5,12,14H2,1-3H3. The van der Waals surface area contributed by atoms with Gasteiger partial charge in [-0.25, -0.2) is 0 Å². The zero-order valence-electron chi connectivity index (χ0n) is 17.6. The summed E-state index contributed by atoms with van der Waals surface area (Å²) in [4.78, 5) is 26.0. The molecule has 2 aliphatic rings. The Morgan fingerprint density at radius 3 is 2.27 bits per heavy atom. The van der Waals surface area contributed by atoms with Crippen LogP contribution in [0.4, 0.5) is 0 Å². The van der Waals surface area contributed by atoms with E-state index in [0.29, 0.717) is 12.8 Å². The van der Waals surface area contributed by atoms with Crippen LogP contribution in [-0.4, -0.2) is 32.3 Å². The Hall–Kier alpha value is -3.08. The van der Waals surface area contributed by atoms with Gasteiger partial charge in [0.15, 0.2) is 5.41 Å². The van der Waals surface area contributed by atoms with Crippen LogP contribution in [-0.2, 0) is 25.5 Å². The lowest BCUT2D eigenvalue weighted by Gasteiger charge is -2.24. The van der Waals surface area contributed by atoms with Crippen molar-refractivity contribution in [3.8, 4) is 16.9 Å². The quantitative estimate of drug-likeness (QED) is 0.543. The fourth-order valence-electron chi connectivity index (χ4n) is 4.67. The number of allylic oxidation sites excluding steroid dienone is 1. The molecule has 0 radical (unpaired) electrons. The Kier molecular flexibility index (Phi) is 5.37. The summed E-state index contributed by atoms with van der Waals surface area (Å²) in [5.41, 5.74) is 4.02. The van der Waals surface area contributed by atoms with Crippen molar-refractivity contribution in [2.24, 2.45) is 11.3 Å². The van der Waals surface area contributed by atoms with Gasteiger partial charge in [0.25, 0.3) is 0 Å². The van der Waals surface area contributed by atoms with E-state index in [-0.39, 0.29) is 19.1 Å². The van der Waals surface area contributed by atoms with Crippen molar-refractivity contribution in [2.75, 3.05) is 20.3 Å². The molecule has 0 aliphatic heterocycles. The van der Waals surface area contributed by atoms with Crippen LogP contribution in [0.25, 0.3) is 16.7 Å². The highest BCUT2D eigenvalue weighted by Crippen LogP contribution is 2.52. The molecule has 0 aromatic heterocycles. The number of esters is 2. The van der Waals surface area contributed by atoms with Crippen LogP contribution >= 0.6 is 0 Å². The highest BCUT2D eigenvalue weighted by molar-refractivity contribution is 6.06. The van der Waals surface area contributed by atoms with E-state index in [0.717, 1.165) is 33.6 Å². The number of carbonyl (C=O) groups is 2. The van der Waals surface area contributed by atoms with Gasteiger partial charge < -0.3 is 14.2 Å². The monoisotopic (exact) mass is 406 g/mol. The molecule has 2 aromatic carbocycles. The summed E-state index contributed by atoms with van der Waals surface area (Å²) in [6.45, 7) is 3.92. The van der Waals surface area contributed by atoms with E-state index in [1.165, 1.54) is 0 Å². The van der Waals surface area contributed by atoms with Gasteiger partial charge in [-0.1, -0.05) is 36.4 Å². The fraction of sp³-hybridized carbons (Fsp3) is 0.360. The maximum atomic E-state index is 13.0. The van der Waals surface area contributed by atoms with Gasteiger partial charge in [-0.2, -0.15) is 0 Å². The number of benzene rings is 2. The number of carbonyl (C=O) groups excluding carboxylic acids is 2. The molecule has 0 spiro atoms. The topological polar surface area (TPSA) is 61.8 Å². The number of ether oxygens (including phenoxy) is 3. The Balaban J connectivity index is 1.89. The van der Waals surface area contributed by atoms with Gasteiger partial charge >= 0.3 is 11.9 Å². The van der Waals surface area contributed by atoms with Crippen molar-refractivity contribution < 1.29 is 23.8 Å². The summed E-state index contributed by atoms with van der Waals surface area (Å²) < 4.78 is 16.1. The van der Waals surface area contributed by atoms with Crippen LogP contribution in [0.3, 0.4) is 0 Å². The van der Waals surface area contributed by atoms with Crippen LogP contribution in [0.1, 0.15) is 31.4 Å². The summed E-state index contributed by atoms with van der Waals surface area (Å²) in [5.74, 6) is -0.285. The minimum atomic E-state index is -1.41. The molecule has 1 unspecified atom stereocenters. The first-order valence-corrected chi connectivity index (χ1v) is 10.4. The third kappa shape index (κ3) is 3.18. The summed E-state index contributed by atoms with van der Waals surface area (Å²) in [7, 11) is 1.65. The highest BCUT2D eigenvalue weighted by Gasteiger charge is 2.54. The molecule has 2 aliphatic carbocycles. The predicted octanol–water partition coefficient (Wildman–Crippen LogP) is 4.43.